The van der Waals surface area contributed by atoms with Crippen LogP contribution in [0.1, 0.15) is 0 Å². The second kappa shape index (κ2) is 9.96. The van der Waals surface area contributed by atoms with Crippen LogP contribution in [0.5, 0.6) is 0 Å². The number of nitrogens with zero attached hydrogens (tertiary/aromatic N) is 2. The lowest BCUT2D eigenvalue weighted by molar-refractivity contribution is -0.384. The zero-order valence-corrected chi connectivity index (χ0v) is 15.7. The number of benzene rings is 1. The third-order valence-corrected chi connectivity index (χ3v) is 3.58. The van der Waals surface area contributed by atoms with Gasteiger partial charge in [0.2, 0.25) is 5.76 Å². The molecule has 1 unspecified atom stereocenters. The van der Waals surface area contributed by atoms with Crippen LogP contribution in [-0.2, 0) is 19.0 Å². The first-order valence-corrected chi connectivity index (χ1v) is 8.18. The fraction of sp³-hybridized carbons (Fsp3) is 0.167. The summed E-state index contributed by atoms with van der Waals surface area (Å²) in [6, 6.07) is 5.69. The van der Waals surface area contributed by atoms with Crippen molar-refractivity contribution in [2.24, 2.45) is 5.10 Å². The molecule has 0 aromatic heterocycles. The maximum Gasteiger partial charge on any atom is 0.376 e. The fourth-order valence-electron chi connectivity index (χ4n) is 2.04. The number of allylic oxidation sites excluding steroid dienone is 2. The normalized spacial score (nSPS) is 15.8. The molecule has 0 bridgehead atoms. The Morgan fingerprint density at radius 2 is 2.07 bits per heavy atom. The van der Waals surface area contributed by atoms with Gasteiger partial charge >= 0.3 is 5.97 Å². The number of esters is 1. The van der Waals surface area contributed by atoms with Crippen molar-refractivity contribution in [3.8, 4) is 0 Å². The summed E-state index contributed by atoms with van der Waals surface area (Å²) in [7, 11) is 2.58. The summed E-state index contributed by atoms with van der Waals surface area (Å²) >= 11 is 6.01. The number of ether oxygens (including phenoxy) is 3. The highest BCUT2D eigenvalue weighted by molar-refractivity contribution is 6.31. The van der Waals surface area contributed by atoms with Crippen LogP contribution in [0.15, 0.2) is 70.2 Å². The van der Waals surface area contributed by atoms with Crippen LogP contribution in [0.25, 0.3) is 0 Å². The Bertz CT molecular complexity index is 898. The first-order chi connectivity index (χ1) is 13.4. The molecule has 0 heterocycles. The lowest BCUT2D eigenvalue weighted by Gasteiger charge is -2.18. The van der Waals surface area contributed by atoms with Crippen LogP contribution >= 0.6 is 11.6 Å². The molecule has 0 saturated carbocycles. The molecule has 1 aromatic rings. The van der Waals surface area contributed by atoms with Crippen LogP contribution in [0, 0.1) is 10.1 Å². The van der Waals surface area contributed by atoms with E-state index in [1.54, 1.807) is 18.2 Å². The first-order valence-electron chi connectivity index (χ1n) is 7.81. The Hall–Kier alpha value is -3.55. The summed E-state index contributed by atoms with van der Waals surface area (Å²) in [5, 5.41) is 15.0. The van der Waals surface area contributed by atoms with Gasteiger partial charge in [-0.3, -0.25) is 15.5 Å². The van der Waals surface area contributed by atoms with Gasteiger partial charge in [0.25, 0.3) is 5.69 Å². The summed E-state index contributed by atoms with van der Waals surface area (Å²) in [6.07, 6.45) is 5.17. The molecule has 1 N–H and O–H groups in total. The summed E-state index contributed by atoms with van der Waals surface area (Å²) in [4.78, 5) is 21.9. The fourth-order valence-corrected chi connectivity index (χ4v) is 2.23. The number of nitrogens with one attached hydrogen (secondary N) is 1. The van der Waals surface area contributed by atoms with Crippen molar-refractivity contribution in [1.82, 2.24) is 0 Å². The van der Waals surface area contributed by atoms with Crippen LogP contribution < -0.4 is 5.43 Å². The van der Waals surface area contributed by atoms with Gasteiger partial charge in [0.1, 0.15) is 6.26 Å². The molecule has 0 aliphatic heterocycles. The number of hydrogen-bond donors (Lipinski definition) is 1. The van der Waals surface area contributed by atoms with Crippen molar-refractivity contribution in [1.29, 1.82) is 0 Å². The zero-order chi connectivity index (χ0) is 20.5. The van der Waals surface area contributed by atoms with Gasteiger partial charge in [0.05, 0.1) is 30.4 Å². The van der Waals surface area contributed by atoms with E-state index in [9.17, 15) is 14.9 Å². The van der Waals surface area contributed by atoms with Crippen molar-refractivity contribution >= 4 is 34.8 Å². The van der Waals surface area contributed by atoms with Crippen LogP contribution in [0.2, 0.25) is 0 Å². The molecule has 2 rings (SSSR count). The van der Waals surface area contributed by atoms with E-state index >= 15 is 0 Å². The lowest BCUT2D eigenvalue weighted by Crippen LogP contribution is -2.19. The Labute approximate surface area is 165 Å². The van der Waals surface area contributed by atoms with Gasteiger partial charge in [-0.1, -0.05) is 11.6 Å². The quantitative estimate of drug-likeness (QED) is 0.185. The number of carbonyl (C=O) groups is 1. The lowest BCUT2D eigenvalue weighted by atomic mass is 10.1. The van der Waals surface area contributed by atoms with Crippen molar-refractivity contribution < 1.29 is 23.9 Å². The molecule has 10 heteroatoms. The largest absolute Gasteiger partial charge is 0.500 e. The van der Waals surface area contributed by atoms with Crippen LogP contribution in [0.3, 0.4) is 0 Å². The third-order valence-electron chi connectivity index (χ3n) is 3.34. The minimum absolute atomic E-state index is 0.0336. The van der Waals surface area contributed by atoms with Gasteiger partial charge in [-0.2, -0.15) is 0 Å². The Morgan fingerprint density at radius 1 is 1.36 bits per heavy atom. The molecule has 1 atom stereocenters. The minimum Gasteiger partial charge on any atom is -0.500 e. The van der Waals surface area contributed by atoms with Gasteiger partial charge in [-0.15, -0.1) is 5.10 Å². The molecule has 1 aliphatic rings. The standard InChI is InChI=1S/C18H16ClN3O6/c1-26-11-17(18(23)27-2)28-16-8-3-13(19)9-12(16)10-20-21-14-4-6-15(7-5-14)22(24)25/h3-9,11,16,21H,1-2H3. The van der Waals surface area contributed by atoms with E-state index in [1.807, 2.05) is 0 Å². The predicted octanol–water partition coefficient (Wildman–Crippen LogP) is 3.26. The maximum absolute atomic E-state index is 11.7. The SMILES string of the molecule is COC=C(OC1C=CC(Cl)=CC1=C=NNc1ccc([N+](=O)[O-])cc1)C(=O)OC. The number of halogens is 1. The maximum atomic E-state index is 11.7. The molecule has 0 radical (unpaired) electrons. The summed E-state index contributed by atoms with van der Waals surface area (Å²) < 4.78 is 15.1. The first kappa shape index (κ1) is 20.8. The summed E-state index contributed by atoms with van der Waals surface area (Å²) in [5.74, 6) is 1.88. The highest BCUT2D eigenvalue weighted by Gasteiger charge is 2.21. The molecular weight excluding hydrogens is 390 g/mol. The molecule has 1 aliphatic carbocycles. The molecule has 28 heavy (non-hydrogen) atoms. The number of methoxy groups -OCH3 is 2. The molecule has 0 amide bonds. The molecule has 9 nitrogen and oxygen atoms in total. The number of hydrazone groups is 1. The summed E-state index contributed by atoms with van der Waals surface area (Å²) in [6.45, 7) is 0. The Kier molecular flexibility index (Phi) is 7.38. The van der Waals surface area contributed by atoms with E-state index in [0.717, 1.165) is 6.26 Å². The number of nitro groups is 1. The Balaban J connectivity index is 2.20. The molecule has 0 spiro atoms. The average Bonchev–Trinajstić information content (AvgIpc) is 2.69. The number of non-ortho nitro benzene ring substituents is 1. The van der Waals surface area contributed by atoms with Gasteiger partial charge in [0, 0.05) is 23.0 Å². The van der Waals surface area contributed by atoms with Gasteiger partial charge in [-0.25, -0.2) is 4.79 Å². The highest BCUT2D eigenvalue weighted by atomic mass is 35.5. The number of rotatable bonds is 7. The van der Waals surface area contributed by atoms with Gasteiger partial charge < -0.3 is 14.2 Å². The molecule has 146 valence electrons. The number of nitro benzene ring substituents is 1. The van der Waals surface area contributed by atoms with Crippen molar-refractivity contribution in [2.45, 2.75) is 6.10 Å². The van der Waals surface area contributed by atoms with E-state index in [-0.39, 0.29) is 11.4 Å². The number of carbonyl (C=O) groups excluding carboxylic acids is 1. The second-order valence-corrected chi connectivity index (χ2v) is 5.67. The van der Waals surface area contributed by atoms with E-state index < -0.39 is 17.0 Å². The van der Waals surface area contributed by atoms with Crippen molar-refractivity contribution in [2.75, 3.05) is 19.6 Å². The molecule has 0 saturated heterocycles. The predicted molar refractivity (Wildman–Crippen MR) is 103 cm³/mol. The van der Waals surface area contributed by atoms with Crippen LogP contribution in [0.4, 0.5) is 11.4 Å². The average molecular weight is 406 g/mol. The topological polar surface area (TPSA) is 112 Å². The number of hydrogen-bond acceptors (Lipinski definition) is 8. The summed E-state index contributed by atoms with van der Waals surface area (Å²) in [5.41, 5.74) is 3.60. The molecular formula is C18H16ClN3O6. The van der Waals surface area contributed by atoms with Crippen LogP contribution in [-0.4, -0.2) is 37.1 Å². The third kappa shape index (κ3) is 5.73. The van der Waals surface area contributed by atoms with E-state index in [0.29, 0.717) is 16.3 Å². The van der Waals surface area contributed by atoms with Crippen molar-refractivity contribution in [3.05, 3.63) is 75.2 Å². The van der Waals surface area contributed by atoms with Crippen molar-refractivity contribution in [3.63, 3.8) is 0 Å². The number of anilines is 1. The highest BCUT2D eigenvalue weighted by Crippen LogP contribution is 2.22. The Morgan fingerprint density at radius 3 is 2.68 bits per heavy atom. The van der Waals surface area contributed by atoms with E-state index in [2.05, 4.69) is 21.1 Å². The van der Waals surface area contributed by atoms with Gasteiger partial charge in [0.15, 0.2) is 6.10 Å². The van der Waals surface area contributed by atoms with Gasteiger partial charge in [-0.05, 0) is 30.4 Å². The smallest absolute Gasteiger partial charge is 0.376 e. The van der Waals surface area contributed by atoms with E-state index in [4.69, 9.17) is 21.1 Å². The molecule has 1 aromatic carbocycles. The monoisotopic (exact) mass is 405 g/mol. The molecule has 0 fully saturated rings. The second-order valence-electron chi connectivity index (χ2n) is 5.23. The van der Waals surface area contributed by atoms with E-state index in [1.165, 1.54) is 38.5 Å². The zero-order valence-electron chi connectivity index (χ0n) is 14.9. The minimum atomic E-state index is -0.717.